The van der Waals surface area contributed by atoms with Gasteiger partial charge in [-0.15, -0.1) is 65.2 Å². The van der Waals surface area contributed by atoms with Crippen molar-refractivity contribution in [2.24, 2.45) is 0 Å². The molecule has 1 radical (unpaired) electrons. The topological polar surface area (TPSA) is 25.8 Å². The molecule has 3 aromatic carbocycles. The Hall–Kier alpha value is -3.39. The van der Waals surface area contributed by atoms with Crippen LogP contribution in [0.4, 0.5) is 0 Å². The molecule has 2 aromatic heterocycles. The third-order valence-corrected chi connectivity index (χ3v) is 8.41. The Morgan fingerprint density at radius 2 is 1.32 bits per heavy atom. The minimum absolute atomic E-state index is 0. The van der Waals surface area contributed by atoms with E-state index < -0.39 is 0 Å². The molecule has 1 aliphatic carbocycles. The summed E-state index contributed by atoms with van der Waals surface area (Å²) in [5.41, 5.74) is 13.3. The van der Waals surface area contributed by atoms with Gasteiger partial charge in [0, 0.05) is 32.5 Å². The maximum absolute atomic E-state index is 4.56. The molecular formula is C37H36IrN2-2. The first kappa shape index (κ1) is 29.6. The Kier molecular flexibility index (Phi) is 8.59. The van der Waals surface area contributed by atoms with Gasteiger partial charge < -0.3 is 9.97 Å². The Morgan fingerprint density at radius 1 is 0.600 bits per heavy atom. The molecule has 0 unspecified atom stereocenters. The van der Waals surface area contributed by atoms with Gasteiger partial charge in [-0.25, -0.2) is 0 Å². The minimum Gasteiger partial charge on any atom is -0.305 e. The second-order valence-corrected chi connectivity index (χ2v) is 11.7. The first-order valence-electron chi connectivity index (χ1n) is 13.6. The van der Waals surface area contributed by atoms with Crippen molar-refractivity contribution in [3.8, 4) is 33.6 Å². The van der Waals surface area contributed by atoms with Crippen LogP contribution in [0.1, 0.15) is 55.5 Å². The summed E-state index contributed by atoms with van der Waals surface area (Å²) in [5, 5.41) is 0. The van der Waals surface area contributed by atoms with Crippen molar-refractivity contribution in [1.82, 2.24) is 9.97 Å². The normalized spacial score (nSPS) is 14.1. The van der Waals surface area contributed by atoms with Crippen LogP contribution in [-0.2, 0) is 30.9 Å². The van der Waals surface area contributed by atoms with E-state index >= 15 is 0 Å². The van der Waals surface area contributed by atoms with Crippen LogP contribution in [0.5, 0.6) is 0 Å². The molecule has 5 aromatic rings. The second-order valence-electron chi connectivity index (χ2n) is 11.7. The summed E-state index contributed by atoms with van der Waals surface area (Å²) in [7, 11) is 0. The molecule has 0 aliphatic heterocycles. The van der Waals surface area contributed by atoms with Gasteiger partial charge in [0.25, 0.3) is 0 Å². The van der Waals surface area contributed by atoms with Crippen LogP contribution in [-0.4, -0.2) is 9.97 Å². The molecular weight excluding hydrogens is 665 g/mol. The molecule has 0 amide bonds. The van der Waals surface area contributed by atoms with Crippen LogP contribution in [0.2, 0.25) is 0 Å². The van der Waals surface area contributed by atoms with Crippen molar-refractivity contribution in [1.29, 1.82) is 0 Å². The average Bonchev–Trinajstić information content (AvgIpc) is 2.93. The first-order valence-corrected chi connectivity index (χ1v) is 13.6. The number of hydrogen-bond donors (Lipinski definition) is 0. The Morgan fingerprint density at radius 3 is 2.00 bits per heavy atom. The summed E-state index contributed by atoms with van der Waals surface area (Å²) in [6, 6.07) is 34.1. The van der Waals surface area contributed by atoms with E-state index in [1.807, 2.05) is 55.7 Å². The summed E-state index contributed by atoms with van der Waals surface area (Å²) in [6.07, 6.45) is 3.75. The quantitative estimate of drug-likeness (QED) is 0.172. The Balaban J connectivity index is 0.000000223. The minimum atomic E-state index is 0. The number of aryl methyl sites for hydroxylation is 3. The molecule has 0 bridgehead atoms. The predicted octanol–water partition coefficient (Wildman–Crippen LogP) is 9.26. The summed E-state index contributed by atoms with van der Waals surface area (Å²) in [6.45, 7) is 15.8. The summed E-state index contributed by atoms with van der Waals surface area (Å²) >= 11 is 0. The van der Waals surface area contributed by atoms with Gasteiger partial charge in [-0.1, -0.05) is 80.8 Å². The van der Waals surface area contributed by atoms with Crippen LogP contribution in [0.3, 0.4) is 0 Å². The number of fused-ring (bicyclic) bond motifs is 3. The molecule has 0 spiro atoms. The molecule has 3 heteroatoms. The largest absolute Gasteiger partial charge is 0.305 e. The number of aromatic nitrogens is 2. The van der Waals surface area contributed by atoms with Gasteiger partial charge in [0.1, 0.15) is 0 Å². The second kappa shape index (κ2) is 11.6. The van der Waals surface area contributed by atoms with Gasteiger partial charge in [-0.2, -0.15) is 0 Å². The molecule has 40 heavy (non-hydrogen) atoms. The van der Waals surface area contributed by atoms with Crippen molar-refractivity contribution in [3.63, 3.8) is 0 Å². The summed E-state index contributed by atoms with van der Waals surface area (Å²) in [4.78, 5) is 8.88. The van der Waals surface area contributed by atoms with E-state index in [0.717, 1.165) is 22.5 Å². The number of hydrogen-bond acceptors (Lipinski definition) is 2. The van der Waals surface area contributed by atoms with Crippen LogP contribution in [0, 0.1) is 32.9 Å². The van der Waals surface area contributed by atoms with Crippen molar-refractivity contribution >= 4 is 0 Å². The van der Waals surface area contributed by atoms with Gasteiger partial charge >= 0.3 is 0 Å². The zero-order valence-electron chi connectivity index (χ0n) is 24.4. The van der Waals surface area contributed by atoms with E-state index in [2.05, 4.69) is 106 Å². The molecule has 1 aliphatic rings. The number of rotatable bonds is 2. The third-order valence-electron chi connectivity index (χ3n) is 8.41. The number of nitrogens with zero attached hydrogens (tertiary/aromatic N) is 2. The van der Waals surface area contributed by atoms with Gasteiger partial charge in [-0.3, -0.25) is 0 Å². The number of benzene rings is 3. The van der Waals surface area contributed by atoms with Crippen LogP contribution in [0.25, 0.3) is 33.6 Å². The summed E-state index contributed by atoms with van der Waals surface area (Å²) < 4.78 is 0. The summed E-state index contributed by atoms with van der Waals surface area (Å²) in [5.74, 6) is 0. The van der Waals surface area contributed by atoms with E-state index in [9.17, 15) is 0 Å². The monoisotopic (exact) mass is 701 g/mol. The fraction of sp³-hybridized carbons (Fsp3) is 0.243. The van der Waals surface area contributed by atoms with Crippen LogP contribution in [0.15, 0.2) is 91.3 Å². The molecule has 6 rings (SSSR count). The van der Waals surface area contributed by atoms with Gasteiger partial charge in [0.05, 0.1) is 0 Å². The molecule has 205 valence electrons. The van der Waals surface area contributed by atoms with Crippen LogP contribution < -0.4 is 0 Å². The van der Waals surface area contributed by atoms with E-state index in [-0.39, 0.29) is 30.9 Å². The smallest absolute Gasteiger partial charge is 0.0190 e. The Labute approximate surface area is 253 Å². The third kappa shape index (κ3) is 5.59. The van der Waals surface area contributed by atoms with Crippen LogP contribution >= 0.6 is 0 Å². The van der Waals surface area contributed by atoms with Crippen molar-refractivity contribution in [2.45, 2.75) is 59.3 Å². The number of pyridine rings is 2. The van der Waals surface area contributed by atoms with Gasteiger partial charge in [-0.05, 0) is 65.7 Å². The zero-order chi connectivity index (χ0) is 27.8. The molecule has 2 heterocycles. The molecule has 0 N–H and O–H groups in total. The zero-order valence-corrected chi connectivity index (χ0v) is 26.8. The van der Waals surface area contributed by atoms with Gasteiger partial charge in [0.2, 0.25) is 0 Å². The Bertz CT molecular complexity index is 1620. The standard InChI is InChI=1S/C25H26N.C12H10N.Ir/c1-16-7-9-19-20-15-18(23-14-17(2)11-12-26-23)8-10-21(20)24(3,4)25(5,6)22(19)13-16;1-10-7-8-12(13-9-10)11-5-3-2-4-6-11;/h7,9-15H,1-6H3;2-5,7-9H,1H3;/q2*-1;. The molecule has 0 fully saturated rings. The fourth-order valence-electron chi connectivity index (χ4n) is 5.33. The first-order chi connectivity index (χ1) is 18.6. The average molecular weight is 701 g/mol. The van der Waals surface area contributed by atoms with Crippen molar-refractivity contribution in [3.05, 3.63) is 131 Å². The molecule has 0 saturated heterocycles. The van der Waals surface area contributed by atoms with Crippen molar-refractivity contribution in [2.75, 3.05) is 0 Å². The van der Waals surface area contributed by atoms with E-state index in [1.165, 1.54) is 38.9 Å². The molecule has 0 atom stereocenters. The van der Waals surface area contributed by atoms with E-state index in [0.29, 0.717) is 0 Å². The van der Waals surface area contributed by atoms with E-state index in [1.54, 1.807) is 0 Å². The fourth-order valence-corrected chi connectivity index (χ4v) is 5.33. The predicted molar refractivity (Wildman–Crippen MR) is 163 cm³/mol. The maximum Gasteiger partial charge on any atom is 0.0190 e. The van der Waals surface area contributed by atoms with Crippen molar-refractivity contribution < 1.29 is 20.1 Å². The maximum atomic E-state index is 4.56. The molecule has 0 saturated carbocycles. The van der Waals surface area contributed by atoms with E-state index in [4.69, 9.17) is 0 Å². The van der Waals surface area contributed by atoms with Gasteiger partial charge in [0.15, 0.2) is 0 Å². The SMILES string of the molecule is Cc1ccc(-c2[c-]cccc2)nc1.Cc1ccnc(-c2[c-]cc3c(c2)-c2ccc(C)cc2C(C)(C)C3(C)C)c1.[Ir]. The molecule has 2 nitrogen and oxygen atoms in total.